The summed E-state index contributed by atoms with van der Waals surface area (Å²) in [6.45, 7) is 1.52. The molecule has 0 aliphatic heterocycles. The second kappa shape index (κ2) is 6.90. The molecule has 3 heterocycles. The van der Waals surface area contributed by atoms with E-state index in [0.717, 1.165) is 12.8 Å². The van der Waals surface area contributed by atoms with Gasteiger partial charge in [0.2, 0.25) is 5.82 Å². The maximum Gasteiger partial charge on any atom is 0.278 e. The van der Waals surface area contributed by atoms with E-state index in [0.29, 0.717) is 28.9 Å². The largest absolute Gasteiger partial charge is 0.394 e. The summed E-state index contributed by atoms with van der Waals surface area (Å²) in [5.74, 6) is 0.286. The Hall–Kier alpha value is -2.75. The van der Waals surface area contributed by atoms with Crippen molar-refractivity contribution >= 4 is 28.2 Å². The lowest BCUT2D eigenvalue weighted by Crippen LogP contribution is -2.27. The molecule has 10 heteroatoms. The first-order chi connectivity index (χ1) is 14.4. The predicted molar refractivity (Wildman–Crippen MR) is 109 cm³/mol. The van der Waals surface area contributed by atoms with Crippen LogP contribution in [0.4, 0.5) is 0 Å². The average Bonchev–Trinajstić information content (AvgIpc) is 3.47. The molecule has 1 aliphatic rings. The molecular formula is C20H20ClN5O4. The highest BCUT2D eigenvalue weighted by atomic mass is 35.5. The lowest BCUT2D eigenvalue weighted by atomic mass is 10.0. The quantitative estimate of drug-likeness (QED) is 0.511. The second-order valence-electron chi connectivity index (χ2n) is 7.81. The van der Waals surface area contributed by atoms with Gasteiger partial charge in [-0.2, -0.15) is 4.98 Å². The van der Waals surface area contributed by atoms with E-state index in [-0.39, 0.29) is 35.1 Å². The minimum absolute atomic E-state index is 0.140. The first-order valence-corrected chi connectivity index (χ1v) is 10.2. The van der Waals surface area contributed by atoms with Gasteiger partial charge in [0, 0.05) is 5.02 Å². The second-order valence-corrected chi connectivity index (χ2v) is 8.25. The molecular weight excluding hydrogens is 410 g/mol. The highest BCUT2D eigenvalue weighted by Gasteiger charge is 2.39. The first-order valence-electron chi connectivity index (χ1n) is 9.81. The molecule has 5 rings (SSSR count). The Morgan fingerprint density at radius 2 is 2.07 bits per heavy atom. The maximum absolute atomic E-state index is 13.4. The summed E-state index contributed by atoms with van der Waals surface area (Å²) >= 11 is 6.16. The molecule has 0 unspecified atom stereocenters. The van der Waals surface area contributed by atoms with Crippen molar-refractivity contribution in [2.75, 3.05) is 6.61 Å². The number of aliphatic hydroxyl groups is 2. The summed E-state index contributed by atoms with van der Waals surface area (Å²) < 4.78 is 8.49. The van der Waals surface area contributed by atoms with Gasteiger partial charge in [-0.15, -0.1) is 0 Å². The topological polar surface area (TPSA) is 119 Å². The SMILES string of the molecule is C[C@@H](CO)n1c(=O)c2c(-c3noc(C4(O)CCCC4)n3)ncn2c2ccc(Cl)cc21. The maximum atomic E-state index is 13.4. The van der Waals surface area contributed by atoms with Crippen molar-refractivity contribution in [3.05, 3.63) is 45.8 Å². The normalized spacial score (nSPS) is 17.2. The Morgan fingerprint density at radius 1 is 1.30 bits per heavy atom. The van der Waals surface area contributed by atoms with E-state index in [4.69, 9.17) is 16.1 Å². The van der Waals surface area contributed by atoms with Crippen LogP contribution >= 0.6 is 11.6 Å². The van der Waals surface area contributed by atoms with Gasteiger partial charge in [-0.25, -0.2) is 4.98 Å². The van der Waals surface area contributed by atoms with Gasteiger partial charge in [0.25, 0.3) is 11.4 Å². The summed E-state index contributed by atoms with van der Waals surface area (Å²) in [6, 6.07) is 4.72. The highest BCUT2D eigenvalue weighted by Crippen LogP contribution is 2.38. The Balaban J connectivity index is 1.77. The van der Waals surface area contributed by atoms with Crippen molar-refractivity contribution in [2.24, 2.45) is 0 Å². The third-order valence-corrected chi connectivity index (χ3v) is 6.05. The van der Waals surface area contributed by atoms with Crippen LogP contribution in [0.15, 0.2) is 33.8 Å². The first kappa shape index (κ1) is 19.2. The zero-order chi connectivity index (χ0) is 21.0. The smallest absolute Gasteiger partial charge is 0.278 e. The van der Waals surface area contributed by atoms with Crippen molar-refractivity contribution in [3.63, 3.8) is 0 Å². The van der Waals surface area contributed by atoms with Crippen LogP contribution in [0.3, 0.4) is 0 Å². The number of hydrogen-bond donors (Lipinski definition) is 2. The van der Waals surface area contributed by atoms with Crippen LogP contribution in [0.5, 0.6) is 0 Å². The van der Waals surface area contributed by atoms with Crippen LogP contribution in [-0.2, 0) is 5.60 Å². The van der Waals surface area contributed by atoms with E-state index >= 15 is 0 Å². The fourth-order valence-corrected chi connectivity index (χ4v) is 4.38. The van der Waals surface area contributed by atoms with E-state index in [9.17, 15) is 15.0 Å². The van der Waals surface area contributed by atoms with Crippen LogP contribution < -0.4 is 5.56 Å². The van der Waals surface area contributed by atoms with Crippen LogP contribution in [0.1, 0.15) is 44.5 Å². The minimum Gasteiger partial charge on any atom is -0.394 e. The lowest BCUT2D eigenvalue weighted by molar-refractivity contribution is 0.0112. The Labute approximate surface area is 175 Å². The van der Waals surface area contributed by atoms with E-state index in [1.165, 1.54) is 10.9 Å². The zero-order valence-electron chi connectivity index (χ0n) is 16.2. The Morgan fingerprint density at radius 3 is 2.80 bits per heavy atom. The number of hydrogen-bond acceptors (Lipinski definition) is 7. The summed E-state index contributed by atoms with van der Waals surface area (Å²) in [5, 5.41) is 24.9. The monoisotopic (exact) mass is 429 g/mol. The molecule has 0 bridgehead atoms. The molecule has 3 aromatic heterocycles. The molecule has 1 fully saturated rings. The summed E-state index contributed by atoms with van der Waals surface area (Å²) in [5.41, 5.74) is 0.314. The van der Waals surface area contributed by atoms with Gasteiger partial charge < -0.3 is 14.7 Å². The third kappa shape index (κ3) is 2.77. The molecule has 2 N–H and O–H groups in total. The lowest BCUT2D eigenvalue weighted by Gasteiger charge is -2.17. The van der Waals surface area contributed by atoms with Gasteiger partial charge in [-0.3, -0.25) is 13.8 Å². The number of rotatable bonds is 4. The van der Waals surface area contributed by atoms with Crippen molar-refractivity contribution < 1.29 is 14.7 Å². The van der Waals surface area contributed by atoms with Crippen LogP contribution in [0.25, 0.3) is 28.1 Å². The fraction of sp³-hybridized carbons (Fsp3) is 0.400. The van der Waals surface area contributed by atoms with E-state index in [1.54, 1.807) is 29.5 Å². The average molecular weight is 430 g/mol. The number of nitrogens with zero attached hydrogens (tertiary/aromatic N) is 5. The molecule has 4 aromatic rings. The predicted octanol–water partition coefficient (Wildman–Crippen LogP) is 2.67. The van der Waals surface area contributed by atoms with Gasteiger partial charge in [-0.05, 0) is 50.8 Å². The van der Waals surface area contributed by atoms with Gasteiger partial charge in [0.05, 0.1) is 23.7 Å². The highest BCUT2D eigenvalue weighted by molar-refractivity contribution is 6.31. The van der Waals surface area contributed by atoms with Crippen molar-refractivity contribution in [3.8, 4) is 11.5 Å². The van der Waals surface area contributed by atoms with Gasteiger partial charge in [-0.1, -0.05) is 16.8 Å². The minimum atomic E-state index is -1.13. The molecule has 1 aromatic carbocycles. The Kier molecular flexibility index (Phi) is 4.42. The number of benzene rings is 1. The molecule has 1 aliphatic carbocycles. The van der Waals surface area contributed by atoms with Crippen LogP contribution in [0, 0.1) is 0 Å². The van der Waals surface area contributed by atoms with Crippen molar-refractivity contribution in [1.29, 1.82) is 0 Å². The molecule has 1 atom stereocenters. The van der Waals surface area contributed by atoms with Gasteiger partial charge in [0.1, 0.15) is 23.1 Å². The summed E-state index contributed by atoms with van der Waals surface area (Å²) in [4.78, 5) is 22.2. The summed E-state index contributed by atoms with van der Waals surface area (Å²) in [6.07, 6.45) is 4.42. The number of fused-ring (bicyclic) bond motifs is 3. The number of aromatic nitrogens is 5. The molecule has 0 amide bonds. The molecule has 9 nitrogen and oxygen atoms in total. The van der Waals surface area contributed by atoms with E-state index < -0.39 is 11.6 Å². The molecule has 0 radical (unpaired) electrons. The van der Waals surface area contributed by atoms with Gasteiger partial charge in [0.15, 0.2) is 0 Å². The standard InChI is InChI=1S/C20H20ClN5O4/c1-11(9-27)26-14-8-12(21)4-5-13(14)25-10-22-15(16(25)18(26)28)17-23-19(30-24-17)20(29)6-2-3-7-20/h4-5,8,10-11,27,29H,2-3,6-7,9H2,1H3/t11-/m0/s1. The number of aliphatic hydroxyl groups excluding tert-OH is 1. The zero-order valence-corrected chi connectivity index (χ0v) is 17.0. The molecule has 0 spiro atoms. The molecule has 0 saturated heterocycles. The van der Waals surface area contributed by atoms with Crippen LogP contribution in [0.2, 0.25) is 5.02 Å². The third-order valence-electron chi connectivity index (χ3n) is 5.82. The van der Waals surface area contributed by atoms with Crippen LogP contribution in [-0.4, -0.2) is 40.9 Å². The Bertz CT molecular complexity index is 1320. The van der Waals surface area contributed by atoms with Crippen molar-refractivity contribution in [1.82, 2.24) is 24.1 Å². The molecule has 30 heavy (non-hydrogen) atoms. The summed E-state index contributed by atoms with van der Waals surface area (Å²) in [7, 11) is 0. The number of halogens is 1. The fourth-order valence-electron chi connectivity index (χ4n) is 4.22. The number of imidazole rings is 1. The van der Waals surface area contributed by atoms with Crippen molar-refractivity contribution in [2.45, 2.75) is 44.2 Å². The molecule has 1 saturated carbocycles. The van der Waals surface area contributed by atoms with E-state index in [2.05, 4.69) is 15.1 Å². The van der Waals surface area contributed by atoms with Gasteiger partial charge >= 0.3 is 0 Å². The van der Waals surface area contributed by atoms with E-state index in [1.807, 2.05) is 0 Å². The molecule has 156 valence electrons.